The van der Waals surface area contributed by atoms with Crippen molar-refractivity contribution in [2.45, 2.75) is 18.8 Å². The van der Waals surface area contributed by atoms with E-state index in [1.54, 1.807) is 6.07 Å². The number of ether oxygens (including phenoxy) is 1. The van der Waals surface area contributed by atoms with E-state index in [4.69, 9.17) is 4.74 Å². The van der Waals surface area contributed by atoms with E-state index in [9.17, 15) is 4.79 Å². The highest BCUT2D eigenvalue weighted by molar-refractivity contribution is 9.10. The number of amides is 1. The predicted molar refractivity (Wildman–Crippen MR) is 80.2 cm³/mol. The molecule has 0 spiro atoms. The standard InChI is InChI=1S/C13H12BrN3O2S/c14-9-3-1-2-4-10(9)19-7-11(18)15-13-17-16-12(20-13)8-5-6-8/h1-4,8H,5-7H2,(H,15,17,18). The average Bonchev–Trinajstić information content (AvgIpc) is 3.19. The van der Waals surface area contributed by atoms with Crippen LogP contribution in [0.2, 0.25) is 0 Å². The molecule has 1 aromatic heterocycles. The molecule has 1 aliphatic rings. The second-order valence-electron chi connectivity index (χ2n) is 4.49. The average molecular weight is 354 g/mol. The fourth-order valence-corrected chi connectivity index (χ4v) is 2.97. The monoisotopic (exact) mass is 353 g/mol. The molecule has 1 heterocycles. The summed E-state index contributed by atoms with van der Waals surface area (Å²) in [6, 6.07) is 7.40. The van der Waals surface area contributed by atoms with Gasteiger partial charge in [-0.05, 0) is 40.9 Å². The summed E-state index contributed by atoms with van der Waals surface area (Å²) in [4.78, 5) is 11.8. The van der Waals surface area contributed by atoms with Crippen molar-refractivity contribution < 1.29 is 9.53 Å². The van der Waals surface area contributed by atoms with Gasteiger partial charge in [-0.2, -0.15) is 0 Å². The number of benzene rings is 1. The molecule has 1 fully saturated rings. The van der Waals surface area contributed by atoms with Gasteiger partial charge < -0.3 is 4.74 Å². The molecule has 7 heteroatoms. The van der Waals surface area contributed by atoms with E-state index in [1.165, 1.54) is 24.2 Å². The molecule has 2 aromatic rings. The van der Waals surface area contributed by atoms with Crippen LogP contribution >= 0.6 is 27.3 Å². The lowest BCUT2D eigenvalue weighted by atomic mass is 10.3. The number of halogens is 1. The lowest BCUT2D eigenvalue weighted by molar-refractivity contribution is -0.118. The highest BCUT2D eigenvalue weighted by Crippen LogP contribution is 2.42. The van der Waals surface area contributed by atoms with E-state index in [0.29, 0.717) is 16.8 Å². The molecule has 1 aliphatic carbocycles. The second kappa shape index (κ2) is 5.88. The third-order valence-electron chi connectivity index (χ3n) is 2.81. The zero-order valence-electron chi connectivity index (χ0n) is 10.5. The maximum absolute atomic E-state index is 11.8. The van der Waals surface area contributed by atoms with Crippen molar-refractivity contribution in [3.8, 4) is 5.75 Å². The Morgan fingerprint density at radius 1 is 1.40 bits per heavy atom. The van der Waals surface area contributed by atoms with Gasteiger partial charge in [0, 0.05) is 5.92 Å². The fraction of sp³-hybridized carbons (Fsp3) is 0.308. The molecule has 3 rings (SSSR count). The number of carbonyl (C=O) groups excluding carboxylic acids is 1. The highest BCUT2D eigenvalue weighted by atomic mass is 79.9. The van der Waals surface area contributed by atoms with Gasteiger partial charge in [0.05, 0.1) is 4.47 Å². The van der Waals surface area contributed by atoms with Crippen molar-refractivity contribution in [2.75, 3.05) is 11.9 Å². The first-order chi connectivity index (χ1) is 9.72. The summed E-state index contributed by atoms with van der Waals surface area (Å²) in [5, 5.41) is 12.3. The smallest absolute Gasteiger partial charge is 0.264 e. The van der Waals surface area contributed by atoms with Crippen LogP contribution in [0.5, 0.6) is 5.75 Å². The number of hydrogen-bond acceptors (Lipinski definition) is 5. The molecule has 0 saturated heterocycles. The zero-order valence-corrected chi connectivity index (χ0v) is 12.9. The Hall–Kier alpha value is -1.47. The van der Waals surface area contributed by atoms with Gasteiger partial charge in [0.2, 0.25) is 5.13 Å². The van der Waals surface area contributed by atoms with Crippen molar-refractivity contribution in [1.82, 2.24) is 10.2 Å². The third kappa shape index (κ3) is 3.34. The van der Waals surface area contributed by atoms with Crippen LogP contribution in [-0.2, 0) is 4.79 Å². The van der Waals surface area contributed by atoms with Gasteiger partial charge in [-0.15, -0.1) is 10.2 Å². The minimum atomic E-state index is -0.237. The van der Waals surface area contributed by atoms with Crippen molar-refractivity contribution in [1.29, 1.82) is 0 Å². The zero-order chi connectivity index (χ0) is 13.9. The first-order valence-electron chi connectivity index (χ1n) is 6.23. The molecule has 1 aromatic carbocycles. The van der Waals surface area contributed by atoms with Gasteiger partial charge in [0.1, 0.15) is 10.8 Å². The Morgan fingerprint density at radius 3 is 2.95 bits per heavy atom. The number of aromatic nitrogens is 2. The summed E-state index contributed by atoms with van der Waals surface area (Å²) in [6.07, 6.45) is 2.35. The lowest BCUT2D eigenvalue weighted by Crippen LogP contribution is -2.20. The van der Waals surface area contributed by atoms with E-state index >= 15 is 0 Å². The van der Waals surface area contributed by atoms with Gasteiger partial charge in [-0.3, -0.25) is 10.1 Å². The van der Waals surface area contributed by atoms with Crippen LogP contribution in [0.3, 0.4) is 0 Å². The van der Waals surface area contributed by atoms with Gasteiger partial charge in [-0.25, -0.2) is 0 Å². The van der Waals surface area contributed by atoms with Crippen LogP contribution in [0.25, 0.3) is 0 Å². The van der Waals surface area contributed by atoms with E-state index in [1.807, 2.05) is 18.2 Å². The molecular weight excluding hydrogens is 342 g/mol. The molecule has 1 amide bonds. The SMILES string of the molecule is O=C(COc1ccccc1Br)Nc1nnc(C2CC2)s1. The lowest BCUT2D eigenvalue weighted by Gasteiger charge is -2.06. The van der Waals surface area contributed by atoms with Crippen LogP contribution in [0.4, 0.5) is 5.13 Å². The van der Waals surface area contributed by atoms with Crippen LogP contribution in [0.15, 0.2) is 28.7 Å². The molecule has 0 unspecified atom stereocenters. The normalized spacial score (nSPS) is 14.1. The molecule has 1 saturated carbocycles. The number of hydrogen-bond donors (Lipinski definition) is 1. The first-order valence-corrected chi connectivity index (χ1v) is 7.84. The van der Waals surface area contributed by atoms with E-state index in [2.05, 4.69) is 31.4 Å². The van der Waals surface area contributed by atoms with Crippen LogP contribution < -0.4 is 10.1 Å². The number of nitrogens with one attached hydrogen (secondary N) is 1. The summed E-state index contributed by atoms with van der Waals surface area (Å²) in [5.74, 6) is 0.951. The molecule has 104 valence electrons. The van der Waals surface area contributed by atoms with Gasteiger partial charge >= 0.3 is 0 Å². The number of carbonyl (C=O) groups is 1. The molecular formula is C13H12BrN3O2S. The summed E-state index contributed by atoms with van der Waals surface area (Å²) in [6.45, 7) is -0.0546. The van der Waals surface area contributed by atoms with E-state index < -0.39 is 0 Å². The second-order valence-corrected chi connectivity index (χ2v) is 6.35. The van der Waals surface area contributed by atoms with E-state index in [0.717, 1.165) is 9.48 Å². The van der Waals surface area contributed by atoms with Crippen LogP contribution in [0, 0.1) is 0 Å². The van der Waals surface area contributed by atoms with Crippen LogP contribution in [-0.4, -0.2) is 22.7 Å². The number of para-hydroxylation sites is 1. The van der Waals surface area contributed by atoms with Crippen LogP contribution in [0.1, 0.15) is 23.8 Å². The predicted octanol–water partition coefficient (Wildman–Crippen LogP) is 3.20. The molecule has 5 nitrogen and oxygen atoms in total. The Kier molecular flexibility index (Phi) is 3.98. The quantitative estimate of drug-likeness (QED) is 0.896. The molecule has 1 N–H and O–H groups in total. The Morgan fingerprint density at radius 2 is 2.20 bits per heavy atom. The maximum Gasteiger partial charge on any atom is 0.264 e. The minimum absolute atomic E-state index is 0.0546. The maximum atomic E-state index is 11.8. The third-order valence-corrected chi connectivity index (χ3v) is 4.47. The molecule has 0 radical (unpaired) electrons. The Balaban J connectivity index is 1.52. The Labute approximate surface area is 128 Å². The minimum Gasteiger partial charge on any atom is -0.483 e. The summed E-state index contributed by atoms with van der Waals surface area (Å²) in [7, 11) is 0. The molecule has 0 aliphatic heterocycles. The van der Waals surface area contributed by atoms with Gasteiger partial charge in [0.25, 0.3) is 5.91 Å². The van der Waals surface area contributed by atoms with Gasteiger partial charge in [-0.1, -0.05) is 23.5 Å². The molecule has 20 heavy (non-hydrogen) atoms. The Bertz CT molecular complexity index is 628. The summed E-state index contributed by atoms with van der Waals surface area (Å²) >= 11 is 4.80. The number of rotatable bonds is 5. The first kappa shape index (κ1) is 13.5. The number of nitrogens with zero attached hydrogens (tertiary/aromatic N) is 2. The topological polar surface area (TPSA) is 64.1 Å². The summed E-state index contributed by atoms with van der Waals surface area (Å²) in [5.41, 5.74) is 0. The summed E-state index contributed by atoms with van der Waals surface area (Å²) < 4.78 is 6.25. The molecule has 0 bridgehead atoms. The van der Waals surface area contributed by atoms with E-state index in [-0.39, 0.29) is 12.5 Å². The van der Waals surface area contributed by atoms with Gasteiger partial charge in [0.15, 0.2) is 6.61 Å². The molecule has 0 atom stereocenters. The fourth-order valence-electron chi connectivity index (χ4n) is 1.64. The van der Waals surface area contributed by atoms with Crippen molar-refractivity contribution in [3.05, 3.63) is 33.7 Å². The van der Waals surface area contributed by atoms with Crippen molar-refractivity contribution in [3.63, 3.8) is 0 Å². The number of anilines is 1. The van der Waals surface area contributed by atoms with Crippen molar-refractivity contribution >= 4 is 38.3 Å². The largest absolute Gasteiger partial charge is 0.483 e. The highest BCUT2D eigenvalue weighted by Gasteiger charge is 2.27. The van der Waals surface area contributed by atoms with Crippen molar-refractivity contribution in [2.24, 2.45) is 0 Å².